The summed E-state index contributed by atoms with van der Waals surface area (Å²) in [5.41, 5.74) is 0. The average Bonchev–Trinajstić information content (AvgIpc) is 2.04. The van der Waals surface area contributed by atoms with Crippen molar-refractivity contribution in [2.24, 2.45) is 0 Å². The molecule has 1 atom stereocenters. The summed E-state index contributed by atoms with van der Waals surface area (Å²) >= 11 is 5.35. The molecule has 0 rings (SSSR count). The zero-order valence-electron chi connectivity index (χ0n) is 8.12. The summed E-state index contributed by atoms with van der Waals surface area (Å²) in [4.78, 5) is 12.3. The monoisotopic (exact) mass is 205 g/mol. The largest absolute Gasteiger partial charge is 0.377 e. The van der Waals surface area contributed by atoms with Crippen LogP contribution in [0.4, 0.5) is 4.79 Å². The van der Waals surface area contributed by atoms with Gasteiger partial charge in [-0.05, 0) is 25.4 Å². The van der Waals surface area contributed by atoms with E-state index in [2.05, 4.69) is 6.58 Å². The van der Waals surface area contributed by atoms with Gasteiger partial charge in [-0.1, -0.05) is 6.08 Å². The molecule has 0 N–H and O–H groups in total. The van der Waals surface area contributed by atoms with Gasteiger partial charge in [0.05, 0.1) is 6.10 Å². The van der Waals surface area contributed by atoms with Crippen LogP contribution in [0.5, 0.6) is 0 Å². The smallest absolute Gasteiger partial charge is 0.316 e. The highest BCUT2D eigenvalue weighted by atomic mass is 35.5. The Morgan fingerprint density at radius 2 is 2.38 bits per heavy atom. The molecular weight excluding hydrogens is 190 g/mol. The van der Waals surface area contributed by atoms with E-state index in [9.17, 15) is 4.79 Å². The topological polar surface area (TPSA) is 29.5 Å². The number of ether oxygens (including phenoxy) is 1. The Bertz CT molecular complexity index is 173. The van der Waals surface area contributed by atoms with Gasteiger partial charge in [-0.15, -0.1) is 6.58 Å². The van der Waals surface area contributed by atoms with Gasteiger partial charge in [0.1, 0.15) is 0 Å². The van der Waals surface area contributed by atoms with E-state index in [4.69, 9.17) is 16.3 Å². The number of rotatable bonds is 6. The Kier molecular flexibility index (Phi) is 6.63. The molecule has 0 aliphatic rings. The second-order valence-corrected chi connectivity index (χ2v) is 3.04. The van der Waals surface area contributed by atoms with Crippen molar-refractivity contribution in [2.45, 2.75) is 20.0 Å². The lowest BCUT2D eigenvalue weighted by atomic mass is 10.3. The van der Waals surface area contributed by atoms with Crippen LogP contribution in [0.3, 0.4) is 0 Å². The molecule has 0 bridgehead atoms. The number of halogens is 1. The standard InChI is InChI=1S/C9H16ClNO2/c1-4-6-11(9(10)12)7-8(3)13-5-2/h4,8H,1,5-7H2,2-3H3. The number of carbonyl (C=O) groups is 1. The lowest BCUT2D eigenvalue weighted by Crippen LogP contribution is -2.34. The summed E-state index contributed by atoms with van der Waals surface area (Å²) < 4.78 is 5.28. The van der Waals surface area contributed by atoms with Gasteiger partial charge in [0.15, 0.2) is 0 Å². The van der Waals surface area contributed by atoms with Crippen molar-refractivity contribution < 1.29 is 9.53 Å². The fraction of sp³-hybridized carbons (Fsp3) is 0.667. The zero-order chi connectivity index (χ0) is 10.3. The number of amides is 1. The molecule has 0 saturated heterocycles. The predicted molar refractivity (Wildman–Crippen MR) is 54.1 cm³/mol. The van der Waals surface area contributed by atoms with Crippen molar-refractivity contribution in [2.75, 3.05) is 19.7 Å². The maximum Gasteiger partial charge on any atom is 0.316 e. The molecule has 0 aromatic heterocycles. The minimum atomic E-state index is -0.466. The van der Waals surface area contributed by atoms with Crippen molar-refractivity contribution in [3.63, 3.8) is 0 Å². The molecule has 0 aromatic carbocycles. The fourth-order valence-electron chi connectivity index (χ4n) is 1.02. The fourth-order valence-corrected chi connectivity index (χ4v) is 1.16. The van der Waals surface area contributed by atoms with E-state index in [1.165, 1.54) is 4.90 Å². The molecule has 4 heteroatoms. The minimum Gasteiger partial charge on any atom is -0.377 e. The summed E-state index contributed by atoms with van der Waals surface area (Å²) in [6.07, 6.45) is 1.64. The maximum absolute atomic E-state index is 10.9. The van der Waals surface area contributed by atoms with Gasteiger partial charge in [-0.2, -0.15) is 0 Å². The predicted octanol–water partition coefficient (Wildman–Crippen LogP) is 2.26. The van der Waals surface area contributed by atoms with Crippen LogP contribution in [0.15, 0.2) is 12.7 Å². The van der Waals surface area contributed by atoms with E-state index < -0.39 is 5.37 Å². The Morgan fingerprint density at radius 1 is 1.77 bits per heavy atom. The highest BCUT2D eigenvalue weighted by Gasteiger charge is 2.12. The second-order valence-electron chi connectivity index (χ2n) is 2.71. The number of hydrogen-bond donors (Lipinski definition) is 0. The van der Waals surface area contributed by atoms with Crippen LogP contribution in [0.25, 0.3) is 0 Å². The lowest BCUT2D eigenvalue weighted by molar-refractivity contribution is 0.0581. The molecular formula is C9H16ClNO2. The van der Waals surface area contributed by atoms with Crippen LogP contribution in [0.1, 0.15) is 13.8 Å². The third-order valence-corrected chi connectivity index (χ3v) is 1.77. The normalized spacial score (nSPS) is 12.2. The molecule has 0 aromatic rings. The number of nitrogens with zero attached hydrogens (tertiary/aromatic N) is 1. The van der Waals surface area contributed by atoms with E-state index in [-0.39, 0.29) is 6.10 Å². The van der Waals surface area contributed by atoms with Crippen molar-refractivity contribution in [1.82, 2.24) is 4.90 Å². The van der Waals surface area contributed by atoms with Crippen LogP contribution in [-0.2, 0) is 4.74 Å². The van der Waals surface area contributed by atoms with Crippen molar-refractivity contribution in [3.05, 3.63) is 12.7 Å². The van der Waals surface area contributed by atoms with Crippen LogP contribution < -0.4 is 0 Å². The van der Waals surface area contributed by atoms with Gasteiger partial charge in [0.2, 0.25) is 0 Å². The van der Waals surface area contributed by atoms with Gasteiger partial charge in [0, 0.05) is 19.7 Å². The summed E-state index contributed by atoms with van der Waals surface area (Å²) in [6, 6.07) is 0. The Balaban J connectivity index is 3.93. The van der Waals surface area contributed by atoms with Crippen LogP contribution >= 0.6 is 11.6 Å². The summed E-state index contributed by atoms with van der Waals surface area (Å²) in [5, 5.41) is -0.466. The Morgan fingerprint density at radius 3 is 2.77 bits per heavy atom. The number of carbonyl (C=O) groups excluding carboxylic acids is 1. The third-order valence-electron chi connectivity index (χ3n) is 1.53. The summed E-state index contributed by atoms with van der Waals surface area (Å²) in [6.45, 7) is 8.96. The quantitative estimate of drug-likeness (QED) is 0.378. The van der Waals surface area contributed by atoms with Gasteiger partial charge in [-0.25, -0.2) is 0 Å². The van der Waals surface area contributed by atoms with Crippen LogP contribution in [0.2, 0.25) is 0 Å². The van der Waals surface area contributed by atoms with Gasteiger partial charge >= 0.3 is 5.37 Å². The maximum atomic E-state index is 10.9. The van der Waals surface area contributed by atoms with Crippen molar-refractivity contribution in [1.29, 1.82) is 0 Å². The first-order valence-corrected chi connectivity index (χ1v) is 4.66. The molecule has 76 valence electrons. The van der Waals surface area contributed by atoms with E-state index >= 15 is 0 Å². The first-order chi connectivity index (χ1) is 6.11. The average molecular weight is 206 g/mol. The first-order valence-electron chi connectivity index (χ1n) is 4.28. The zero-order valence-corrected chi connectivity index (χ0v) is 8.88. The molecule has 0 radical (unpaired) electrons. The molecule has 0 saturated carbocycles. The molecule has 0 heterocycles. The van der Waals surface area contributed by atoms with Gasteiger partial charge in [-0.3, -0.25) is 4.79 Å². The highest BCUT2D eigenvalue weighted by molar-refractivity contribution is 6.62. The van der Waals surface area contributed by atoms with Gasteiger partial charge in [0.25, 0.3) is 0 Å². The van der Waals surface area contributed by atoms with Crippen LogP contribution in [0, 0.1) is 0 Å². The van der Waals surface area contributed by atoms with E-state index in [0.29, 0.717) is 19.7 Å². The van der Waals surface area contributed by atoms with Crippen molar-refractivity contribution in [3.8, 4) is 0 Å². The molecule has 0 fully saturated rings. The molecule has 1 unspecified atom stereocenters. The molecule has 0 aliphatic heterocycles. The summed E-state index contributed by atoms with van der Waals surface area (Å²) in [5.74, 6) is 0. The van der Waals surface area contributed by atoms with E-state index in [0.717, 1.165) is 0 Å². The molecule has 0 aliphatic carbocycles. The highest BCUT2D eigenvalue weighted by Crippen LogP contribution is 2.01. The van der Waals surface area contributed by atoms with Crippen molar-refractivity contribution >= 4 is 17.0 Å². The first kappa shape index (κ1) is 12.5. The summed E-state index contributed by atoms with van der Waals surface area (Å²) in [7, 11) is 0. The molecule has 3 nitrogen and oxygen atoms in total. The Hall–Kier alpha value is -0.540. The number of hydrogen-bond acceptors (Lipinski definition) is 2. The van der Waals surface area contributed by atoms with Crippen LogP contribution in [-0.4, -0.2) is 36.1 Å². The minimum absolute atomic E-state index is 0.00708. The lowest BCUT2D eigenvalue weighted by Gasteiger charge is -2.21. The molecule has 0 spiro atoms. The molecule has 13 heavy (non-hydrogen) atoms. The van der Waals surface area contributed by atoms with E-state index in [1.54, 1.807) is 6.08 Å². The van der Waals surface area contributed by atoms with E-state index in [1.807, 2.05) is 13.8 Å². The molecule has 1 amide bonds. The SMILES string of the molecule is C=CCN(CC(C)OCC)C(=O)Cl. The Labute approximate surface area is 84.3 Å². The van der Waals surface area contributed by atoms with Gasteiger partial charge < -0.3 is 9.64 Å². The third kappa shape index (κ3) is 5.66. The second kappa shape index (κ2) is 6.92.